The van der Waals surface area contributed by atoms with Gasteiger partial charge in [0.25, 0.3) is 0 Å². The average molecular weight is 445 g/mol. The van der Waals surface area contributed by atoms with Gasteiger partial charge in [-0.3, -0.25) is 0 Å². The fourth-order valence-corrected chi connectivity index (χ4v) is 3.93. The number of ether oxygens (including phenoxy) is 4. The molecule has 0 amide bonds. The van der Waals surface area contributed by atoms with E-state index in [0.717, 1.165) is 11.8 Å². The van der Waals surface area contributed by atoms with Gasteiger partial charge < -0.3 is 24.1 Å². The Balaban J connectivity index is 2.10. The summed E-state index contributed by atoms with van der Waals surface area (Å²) in [6.45, 7) is 0. The van der Waals surface area contributed by atoms with Crippen LogP contribution >= 0.6 is 11.8 Å². The van der Waals surface area contributed by atoms with Crippen LogP contribution in [0.3, 0.4) is 0 Å². The first kappa shape index (κ1) is 22.2. The number of aliphatic imine (C=N–C) groups is 1. The van der Waals surface area contributed by atoms with Crippen LogP contribution in [-0.4, -0.2) is 44.6 Å². The summed E-state index contributed by atoms with van der Waals surface area (Å²) in [6.07, 6.45) is 1.64. The van der Waals surface area contributed by atoms with Crippen molar-refractivity contribution in [3.63, 3.8) is 0 Å². The summed E-state index contributed by atoms with van der Waals surface area (Å²) in [6, 6.07) is 8.87. The molecule has 0 radical (unpaired) electrons. The van der Waals surface area contributed by atoms with Gasteiger partial charge in [0.05, 0.1) is 39.0 Å². The number of hydrogen-bond donors (Lipinski definition) is 1. The maximum Gasteiger partial charge on any atom is 0.344 e. The first-order chi connectivity index (χ1) is 14.9. The third-order valence-electron chi connectivity index (χ3n) is 4.36. The van der Waals surface area contributed by atoms with Crippen LogP contribution in [0.4, 0.5) is 10.1 Å². The second-order valence-corrected chi connectivity index (χ2v) is 7.17. The molecule has 7 nitrogen and oxygen atoms in total. The van der Waals surface area contributed by atoms with Crippen LogP contribution in [0.25, 0.3) is 6.08 Å². The standard InChI is InChI=1S/C22H20FNO6S/c1-27-15-10-5-12(19(28-2)20(15)29-3)11-16-18(25)17(22(26)30-4)21(31-16)24-14-8-6-13(23)7-9-14/h5-11,25H,1-4H3/b16-11+,24-21?. The molecule has 31 heavy (non-hydrogen) atoms. The van der Waals surface area contributed by atoms with Crippen LogP contribution in [0.5, 0.6) is 17.2 Å². The molecule has 1 aliphatic rings. The fourth-order valence-electron chi connectivity index (χ4n) is 2.90. The number of carbonyl (C=O) groups is 1. The van der Waals surface area contributed by atoms with Crippen LogP contribution in [0.2, 0.25) is 0 Å². The predicted octanol–water partition coefficient (Wildman–Crippen LogP) is 4.65. The van der Waals surface area contributed by atoms with E-state index in [0.29, 0.717) is 33.4 Å². The zero-order valence-corrected chi connectivity index (χ0v) is 18.1. The van der Waals surface area contributed by atoms with E-state index in [2.05, 4.69) is 4.99 Å². The maximum atomic E-state index is 13.2. The van der Waals surface area contributed by atoms with Crippen molar-refractivity contribution in [2.75, 3.05) is 28.4 Å². The van der Waals surface area contributed by atoms with Gasteiger partial charge in [0.15, 0.2) is 11.5 Å². The highest BCUT2D eigenvalue weighted by Gasteiger charge is 2.33. The van der Waals surface area contributed by atoms with Crippen LogP contribution < -0.4 is 14.2 Å². The van der Waals surface area contributed by atoms with Crippen LogP contribution in [0.1, 0.15) is 5.56 Å². The van der Waals surface area contributed by atoms with Gasteiger partial charge in [-0.15, -0.1) is 0 Å². The molecule has 0 spiro atoms. The highest BCUT2D eigenvalue weighted by atomic mass is 32.2. The third kappa shape index (κ3) is 4.51. The van der Waals surface area contributed by atoms with E-state index in [1.807, 2.05) is 0 Å². The molecule has 162 valence electrons. The maximum absolute atomic E-state index is 13.2. The number of nitrogens with zero attached hydrogens (tertiary/aromatic N) is 1. The molecule has 1 aliphatic heterocycles. The molecule has 0 aromatic heterocycles. The second-order valence-electron chi connectivity index (χ2n) is 6.14. The molecule has 0 aliphatic carbocycles. The number of aliphatic hydroxyl groups excluding tert-OH is 1. The van der Waals surface area contributed by atoms with Crippen molar-refractivity contribution in [3.05, 3.63) is 64.0 Å². The minimum atomic E-state index is -0.742. The lowest BCUT2D eigenvalue weighted by molar-refractivity contribution is -0.135. The summed E-state index contributed by atoms with van der Waals surface area (Å²) in [5.41, 5.74) is 0.923. The molecule has 2 aromatic rings. The zero-order valence-electron chi connectivity index (χ0n) is 17.3. The van der Waals surface area contributed by atoms with Crippen molar-refractivity contribution < 1.29 is 33.2 Å². The Morgan fingerprint density at radius 3 is 2.26 bits per heavy atom. The number of carbonyl (C=O) groups excluding carboxylic acids is 1. The van der Waals surface area contributed by atoms with Gasteiger partial charge in [0, 0.05) is 5.56 Å². The quantitative estimate of drug-likeness (QED) is 0.648. The smallest absolute Gasteiger partial charge is 0.344 e. The molecule has 1 heterocycles. The largest absolute Gasteiger partial charge is 0.506 e. The Morgan fingerprint density at radius 2 is 1.68 bits per heavy atom. The van der Waals surface area contributed by atoms with E-state index in [-0.39, 0.29) is 16.4 Å². The molecule has 0 fully saturated rings. The molecule has 3 rings (SSSR count). The van der Waals surface area contributed by atoms with Crippen molar-refractivity contribution in [2.24, 2.45) is 4.99 Å². The number of thioether (sulfide) groups is 1. The molecule has 0 atom stereocenters. The highest BCUT2D eigenvalue weighted by molar-refractivity contribution is 8.18. The van der Waals surface area contributed by atoms with Gasteiger partial charge in [-0.2, -0.15) is 0 Å². The number of aliphatic hydroxyl groups is 1. The first-order valence-corrected chi connectivity index (χ1v) is 9.80. The summed E-state index contributed by atoms with van der Waals surface area (Å²) in [7, 11) is 5.69. The minimum absolute atomic E-state index is 0.0810. The summed E-state index contributed by atoms with van der Waals surface area (Å²) < 4.78 is 34.1. The van der Waals surface area contributed by atoms with E-state index >= 15 is 0 Å². The van der Waals surface area contributed by atoms with Crippen LogP contribution in [-0.2, 0) is 9.53 Å². The summed E-state index contributed by atoms with van der Waals surface area (Å²) in [4.78, 5) is 17.0. The molecule has 0 bridgehead atoms. The van der Waals surface area contributed by atoms with Crippen molar-refractivity contribution in [2.45, 2.75) is 0 Å². The number of esters is 1. The Labute approximate surface area is 182 Å². The number of hydrogen-bond acceptors (Lipinski definition) is 8. The SMILES string of the molecule is COC(=O)C1=C(O)/C(=C\c2ccc(OC)c(OC)c2OC)SC1=Nc1ccc(F)cc1. The van der Waals surface area contributed by atoms with Gasteiger partial charge >= 0.3 is 5.97 Å². The van der Waals surface area contributed by atoms with Gasteiger partial charge in [0.2, 0.25) is 5.75 Å². The Bertz CT molecular complexity index is 1090. The molecule has 0 saturated heterocycles. The van der Waals surface area contributed by atoms with Crippen molar-refractivity contribution in [1.29, 1.82) is 0 Å². The number of rotatable bonds is 6. The monoisotopic (exact) mass is 445 g/mol. The molecule has 0 unspecified atom stereocenters. The molecule has 1 N–H and O–H groups in total. The van der Waals surface area contributed by atoms with Gasteiger partial charge in [-0.25, -0.2) is 14.2 Å². The summed E-state index contributed by atoms with van der Waals surface area (Å²) >= 11 is 1.07. The van der Waals surface area contributed by atoms with Gasteiger partial charge in [-0.05, 0) is 42.5 Å². The Hall–Kier alpha value is -3.46. The van der Waals surface area contributed by atoms with Crippen molar-refractivity contribution in [1.82, 2.24) is 0 Å². The normalized spacial score (nSPS) is 16.0. The Kier molecular flexibility index (Phi) is 6.86. The van der Waals surface area contributed by atoms with E-state index in [1.165, 1.54) is 52.7 Å². The molecule has 0 saturated carbocycles. The lowest BCUT2D eigenvalue weighted by Gasteiger charge is -2.14. The molecule has 2 aromatic carbocycles. The lowest BCUT2D eigenvalue weighted by atomic mass is 10.1. The zero-order chi connectivity index (χ0) is 22.5. The number of methoxy groups -OCH3 is 4. The summed E-state index contributed by atoms with van der Waals surface area (Å²) in [5, 5.41) is 11.0. The molecular weight excluding hydrogens is 425 g/mol. The van der Waals surface area contributed by atoms with Crippen molar-refractivity contribution in [3.8, 4) is 17.2 Å². The van der Waals surface area contributed by atoms with Gasteiger partial charge in [0.1, 0.15) is 22.2 Å². The lowest BCUT2D eigenvalue weighted by Crippen LogP contribution is -2.10. The topological polar surface area (TPSA) is 86.6 Å². The molecule has 9 heteroatoms. The Morgan fingerprint density at radius 1 is 1.00 bits per heavy atom. The minimum Gasteiger partial charge on any atom is -0.506 e. The number of benzene rings is 2. The van der Waals surface area contributed by atoms with E-state index in [1.54, 1.807) is 18.2 Å². The second kappa shape index (κ2) is 9.57. The first-order valence-electron chi connectivity index (χ1n) is 8.98. The van der Waals surface area contributed by atoms with E-state index in [9.17, 15) is 14.3 Å². The van der Waals surface area contributed by atoms with Crippen LogP contribution in [0.15, 0.2) is 57.6 Å². The predicted molar refractivity (Wildman–Crippen MR) is 117 cm³/mol. The molecular formula is C22H20FNO6S. The van der Waals surface area contributed by atoms with E-state index in [4.69, 9.17) is 18.9 Å². The van der Waals surface area contributed by atoms with Crippen LogP contribution in [0, 0.1) is 5.82 Å². The number of halogens is 1. The summed E-state index contributed by atoms with van der Waals surface area (Å²) in [5.74, 6) is -0.168. The third-order valence-corrected chi connectivity index (χ3v) is 5.38. The average Bonchev–Trinajstić information content (AvgIpc) is 3.08. The van der Waals surface area contributed by atoms with E-state index < -0.39 is 11.8 Å². The highest BCUT2D eigenvalue weighted by Crippen LogP contribution is 2.44. The van der Waals surface area contributed by atoms with Gasteiger partial charge in [-0.1, -0.05) is 11.8 Å². The fraction of sp³-hybridized carbons (Fsp3) is 0.182. The van der Waals surface area contributed by atoms with Crippen molar-refractivity contribution >= 4 is 34.5 Å².